The van der Waals surface area contributed by atoms with Gasteiger partial charge in [-0.15, -0.1) is 0 Å². The first-order valence-corrected chi connectivity index (χ1v) is 9.15. The van der Waals surface area contributed by atoms with Gasteiger partial charge in [-0.25, -0.2) is 0 Å². The second-order valence-electron chi connectivity index (χ2n) is 5.87. The topological polar surface area (TPSA) is 33.2 Å². The van der Waals surface area contributed by atoms with E-state index in [1.165, 1.54) is 11.1 Å². The van der Waals surface area contributed by atoms with Crippen LogP contribution in [-0.2, 0) is 11.2 Å². The predicted molar refractivity (Wildman–Crippen MR) is 95.4 cm³/mol. The maximum atomic E-state index is 12.8. The van der Waals surface area contributed by atoms with Crippen LogP contribution in [0.15, 0.2) is 54.9 Å². The van der Waals surface area contributed by atoms with Crippen molar-refractivity contribution in [2.45, 2.75) is 31.1 Å². The maximum Gasteiger partial charge on any atom is 0.223 e. The third-order valence-corrected chi connectivity index (χ3v) is 5.53. The van der Waals surface area contributed by atoms with Crippen LogP contribution in [-0.4, -0.2) is 33.3 Å². The number of rotatable bonds is 4. The molecule has 4 heteroatoms. The van der Waals surface area contributed by atoms with Crippen LogP contribution in [0.4, 0.5) is 0 Å². The zero-order chi connectivity index (χ0) is 16.1. The lowest BCUT2D eigenvalue weighted by molar-refractivity contribution is -0.133. The van der Waals surface area contributed by atoms with E-state index in [2.05, 4.69) is 41.1 Å². The molecule has 1 aliphatic rings. The van der Waals surface area contributed by atoms with E-state index in [1.807, 2.05) is 30.0 Å². The minimum atomic E-state index is 0.180. The van der Waals surface area contributed by atoms with Gasteiger partial charge >= 0.3 is 0 Å². The van der Waals surface area contributed by atoms with Crippen LogP contribution in [0.3, 0.4) is 0 Å². The second-order valence-corrected chi connectivity index (χ2v) is 7.36. The van der Waals surface area contributed by atoms with E-state index in [0.717, 1.165) is 18.7 Å². The van der Waals surface area contributed by atoms with Gasteiger partial charge in [-0.3, -0.25) is 9.78 Å². The first kappa shape index (κ1) is 16.1. The fraction of sp³-hybridized carbons (Fsp3) is 0.368. The Morgan fingerprint density at radius 1 is 1.22 bits per heavy atom. The Morgan fingerprint density at radius 3 is 2.70 bits per heavy atom. The van der Waals surface area contributed by atoms with Crippen molar-refractivity contribution in [1.82, 2.24) is 9.88 Å². The molecule has 0 N–H and O–H groups in total. The van der Waals surface area contributed by atoms with Gasteiger partial charge in [0.2, 0.25) is 5.91 Å². The van der Waals surface area contributed by atoms with Crippen LogP contribution in [0, 0.1) is 0 Å². The van der Waals surface area contributed by atoms with Crippen LogP contribution < -0.4 is 0 Å². The number of carbonyl (C=O) groups is 1. The number of hydrogen-bond donors (Lipinski definition) is 0. The summed E-state index contributed by atoms with van der Waals surface area (Å²) in [7, 11) is 0. The Bertz CT molecular complexity index is 632. The minimum Gasteiger partial charge on any atom is -0.334 e. The first-order chi connectivity index (χ1) is 11.3. The Balaban J connectivity index is 1.72. The Kier molecular flexibility index (Phi) is 5.34. The SMILES string of the molecule is C[C@@H]1SCCN(C(=O)CCc2ccncc2)[C@H]1c1ccccc1. The summed E-state index contributed by atoms with van der Waals surface area (Å²) in [5.41, 5.74) is 2.41. The smallest absolute Gasteiger partial charge is 0.223 e. The van der Waals surface area contributed by atoms with Gasteiger partial charge in [-0.05, 0) is 29.7 Å². The highest BCUT2D eigenvalue weighted by molar-refractivity contribution is 8.00. The maximum absolute atomic E-state index is 12.8. The van der Waals surface area contributed by atoms with Crippen molar-refractivity contribution in [3.05, 3.63) is 66.0 Å². The number of amides is 1. The molecule has 3 rings (SSSR count). The lowest BCUT2D eigenvalue weighted by atomic mass is 10.0. The van der Waals surface area contributed by atoms with Crippen LogP contribution >= 0.6 is 11.8 Å². The summed E-state index contributed by atoms with van der Waals surface area (Å²) in [5.74, 6) is 1.27. The van der Waals surface area contributed by atoms with Gasteiger partial charge in [0.1, 0.15) is 0 Å². The number of aromatic nitrogens is 1. The molecule has 0 aliphatic carbocycles. The molecule has 0 spiro atoms. The van der Waals surface area contributed by atoms with Crippen molar-refractivity contribution in [3.63, 3.8) is 0 Å². The van der Waals surface area contributed by atoms with E-state index in [-0.39, 0.29) is 11.9 Å². The predicted octanol–water partition coefficient (Wildman–Crippen LogP) is 3.72. The highest BCUT2D eigenvalue weighted by atomic mass is 32.2. The molecule has 23 heavy (non-hydrogen) atoms. The van der Waals surface area contributed by atoms with Crippen molar-refractivity contribution in [2.75, 3.05) is 12.3 Å². The van der Waals surface area contributed by atoms with Gasteiger partial charge in [0.05, 0.1) is 6.04 Å². The largest absolute Gasteiger partial charge is 0.334 e. The molecule has 1 amide bonds. The van der Waals surface area contributed by atoms with E-state index < -0.39 is 0 Å². The summed E-state index contributed by atoms with van der Waals surface area (Å²) in [6.07, 6.45) is 4.91. The lowest BCUT2D eigenvalue weighted by Gasteiger charge is -2.40. The summed E-state index contributed by atoms with van der Waals surface area (Å²) >= 11 is 1.95. The normalized spacial score (nSPS) is 21.2. The quantitative estimate of drug-likeness (QED) is 0.858. The number of thioether (sulfide) groups is 1. The number of carbonyl (C=O) groups excluding carboxylic acids is 1. The minimum absolute atomic E-state index is 0.180. The average Bonchev–Trinajstić information content (AvgIpc) is 2.61. The molecule has 1 aromatic carbocycles. The molecule has 0 radical (unpaired) electrons. The number of aryl methyl sites for hydroxylation is 1. The molecular weight excluding hydrogens is 304 g/mol. The molecular formula is C19H22N2OS. The van der Waals surface area contributed by atoms with Crippen molar-refractivity contribution < 1.29 is 4.79 Å². The summed E-state index contributed by atoms with van der Waals surface area (Å²) in [4.78, 5) is 18.9. The fourth-order valence-corrected chi connectivity index (χ4v) is 4.31. The Morgan fingerprint density at radius 2 is 1.96 bits per heavy atom. The second kappa shape index (κ2) is 7.64. The molecule has 0 bridgehead atoms. The third kappa shape index (κ3) is 3.94. The molecule has 0 unspecified atom stereocenters. The van der Waals surface area contributed by atoms with Gasteiger partial charge in [0.25, 0.3) is 0 Å². The highest BCUT2D eigenvalue weighted by Gasteiger charge is 2.33. The zero-order valence-corrected chi connectivity index (χ0v) is 14.2. The molecule has 2 heterocycles. The first-order valence-electron chi connectivity index (χ1n) is 8.10. The number of hydrogen-bond acceptors (Lipinski definition) is 3. The van der Waals surface area contributed by atoms with E-state index in [1.54, 1.807) is 12.4 Å². The lowest BCUT2D eigenvalue weighted by Crippen LogP contribution is -2.44. The number of benzene rings is 1. The van der Waals surface area contributed by atoms with Crippen LogP contribution in [0.5, 0.6) is 0 Å². The van der Waals surface area contributed by atoms with Gasteiger partial charge in [0.15, 0.2) is 0 Å². The van der Waals surface area contributed by atoms with E-state index >= 15 is 0 Å². The Labute approximate surface area is 142 Å². The van der Waals surface area contributed by atoms with Gasteiger partial charge in [-0.2, -0.15) is 11.8 Å². The van der Waals surface area contributed by atoms with Crippen LogP contribution in [0.25, 0.3) is 0 Å². The fourth-order valence-electron chi connectivity index (χ4n) is 3.15. The van der Waals surface area contributed by atoms with E-state index in [0.29, 0.717) is 11.7 Å². The third-order valence-electron chi connectivity index (χ3n) is 4.33. The summed E-state index contributed by atoms with van der Waals surface area (Å²) in [6, 6.07) is 14.6. The zero-order valence-electron chi connectivity index (χ0n) is 13.4. The standard InChI is InChI=1S/C19H22N2OS/c1-15-19(17-5-3-2-4-6-17)21(13-14-23-15)18(22)8-7-16-9-11-20-12-10-16/h2-6,9-12,15,19H,7-8,13-14H2,1H3/t15-,19+/m0/s1. The van der Waals surface area contributed by atoms with Gasteiger partial charge < -0.3 is 4.90 Å². The van der Waals surface area contributed by atoms with E-state index in [9.17, 15) is 4.79 Å². The molecule has 1 aromatic heterocycles. The van der Waals surface area contributed by atoms with Crippen molar-refractivity contribution >= 4 is 17.7 Å². The number of nitrogens with zero attached hydrogens (tertiary/aromatic N) is 2. The van der Waals surface area contributed by atoms with Crippen molar-refractivity contribution in [1.29, 1.82) is 0 Å². The molecule has 0 saturated carbocycles. The molecule has 3 nitrogen and oxygen atoms in total. The summed E-state index contributed by atoms with van der Waals surface area (Å²) < 4.78 is 0. The molecule has 1 aliphatic heterocycles. The van der Waals surface area contributed by atoms with Gasteiger partial charge in [-0.1, -0.05) is 37.3 Å². The molecule has 120 valence electrons. The monoisotopic (exact) mass is 326 g/mol. The van der Waals surface area contributed by atoms with Crippen molar-refractivity contribution in [2.24, 2.45) is 0 Å². The van der Waals surface area contributed by atoms with Gasteiger partial charge in [0, 0.05) is 36.4 Å². The van der Waals surface area contributed by atoms with Crippen molar-refractivity contribution in [3.8, 4) is 0 Å². The average molecular weight is 326 g/mol. The molecule has 2 aromatic rings. The van der Waals surface area contributed by atoms with Crippen LogP contribution in [0.2, 0.25) is 0 Å². The molecule has 2 atom stereocenters. The highest BCUT2D eigenvalue weighted by Crippen LogP contribution is 2.36. The molecule has 1 fully saturated rings. The van der Waals surface area contributed by atoms with Crippen LogP contribution in [0.1, 0.15) is 30.5 Å². The Hall–Kier alpha value is -1.81. The number of pyridine rings is 1. The summed E-state index contributed by atoms with van der Waals surface area (Å²) in [6.45, 7) is 3.06. The van der Waals surface area contributed by atoms with E-state index in [4.69, 9.17) is 0 Å². The summed E-state index contributed by atoms with van der Waals surface area (Å²) in [5, 5.41) is 0.427. The molecule has 1 saturated heterocycles.